The van der Waals surface area contributed by atoms with Gasteiger partial charge in [0.15, 0.2) is 0 Å². The van der Waals surface area contributed by atoms with Crippen molar-refractivity contribution in [3.63, 3.8) is 0 Å². The van der Waals surface area contributed by atoms with Gasteiger partial charge in [-0.05, 0) is 139 Å². The van der Waals surface area contributed by atoms with Crippen LogP contribution >= 0.6 is 0 Å². The fraction of sp³-hybridized carbons (Fsp3) is 0.0508. The topological polar surface area (TPSA) is 0 Å². The number of rotatable bonds is 4. The third-order valence-electron chi connectivity index (χ3n) is 13.2. The van der Waals surface area contributed by atoms with Crippen LogP contribution in [0, 0.1) is 0 Å². The molecule has 0 aromatic heterocycles. The van der Waals surface area contributed by atoms with Crippen molar-refractivity contribution in [1.29, 1.82) is 0 Å². The van der Waals surface area contributed by atoms with Gasteiger partial charge in [0.25, 0.3) is 0 Å². The van der Waals surface area contributed by atoms with Gasteiger partial charge in [0, 0.05) is 5.41 Å². The Hall–Kier alpha value is -7.28. The summed E-state index contributed by atoms with van der Waals surface area (Å²) in [6, 6.07) is 77.2. The molecule has 0 radical (unpaired) electrons. The van der Waals surface area contributed by atoms with Crippen LogP contribution in [0.1, 0.15) is 25.0 Å². The molecule has 12 rings (SSSR count). The summed E-state index contributed by atoms with van der Waals surface area (Å²) in [6.45, 7) is 4.77. The van der Waals surface area contributed by atoms with Crippen LogP contribution in [0.25, 0.3) is 109 Å². The molecule has 0 fully saturated rings. The van der Waals surface area contributed by atoms with Crippen LogP contribution in [0.4, 0.5) is 0 Å². The van der Waals surface area contributed by atoms with Gasteiger partial charge in [0.1, 0.15) is 0 Å². The molecule has 1 aliphatic rings. The molecule has 0 nitrogen and oxygen atoms in total. The zero-order valence-corrected chi connectivity index (χ0v) is 33.1. The zero-order chi connectivity index (χ0) is 39.2. The highest BCUT2D eigenvalue weighted by molar-refractivity contribution is 6.25. The summed E-state index contributed by atoms with van der Waals surface area (Å²) in [5.41, 5.74) is 15.3. The van der Waals surface area contributed by atoms with Gasteiger partial charge in [0.2, 0.25) is 0 Å². The third kappa shape index (κ3) is 5.09. The summed E-state index contributed by atoms with van der Waals surface area (Å²) in [4.78, 5) is 0. The van der Waals surface area contributed by atoms with Crippen molar-refractivity contribution in [2.75, 3.05) is 0 Å². The molecule has 0 saturated carbocycles. The molecule has 0 heteroatoms. The van der Waals surface area contributed by atoms with Crippen molar-refractivity contribution >= 4 is 53.9 Å². The largest absolute Gasteiger partial charge is 0.0619 e. The monoisotopic (exact) mass is 748 g/mol. The van der Waals surface area contributed by atoms with E-state index in [2.05, 4.69) is 220 Å². The molecular formula is C59H40. The highest BCUT2D eigenvalue weighted by Crippen LogP contribution is 2.52. The first-order chi connectivity index (χ1) is 29.0. The summed E-state index contributed by atoms with van der Waals surface area (Å²) in [7, 11) is 0. The summed E-state index contributed by atoms with van der Waals surface area (Å²) >= 11 is 0. The van der Waals surface area contributed by atoms with Crippen LogP contribution in [0.2, 0.25) is 0 Å². The number of hydrogen-bond donors (Lipinski definition) is 0. The predicted octanol–water partition coefficient (Wildman–Crippen LogP) is 16.4. The quantitative estimate of drug-likeness (QED) is 0.157. The minimum absolute atomic E-state index is 0.119. The average Bonchev–Trinajstić information content (AvgIpc) is 3.52. The SMILES string of the molecule is CC1(C)c2ccccc2-c2ccc(-c3c4cc(-c5cccc6ccccc56)ccc4c(-c4cccc5ccccc45)c4cc(-c5cccc6ccccc56)ccc34)cc21. The lowest BCUT2D eigenvalue weighted by Gasteiger charge is -2.24. The molecule has 59 heavy (non-hydrogen) atoms. The predicted molar refractivity (Wildman–Crippen MR) is 253 cm³/mol. The Morgan fingerprint density at radius 1 is 0.254 bits per heavy atom. The van der Waals surface area contributed by atoms with Crippen molar-refractivity contribution in [2.24, 2.45) is 0 Å². The summed E-state index contributed by atoms with van der Waals surface area (Å²) in [6.07, 6.45) is 0. The van der Waals surface area contributed by atoms with Crippen molar-refractivity contribution in [3.8, 4) is 55.6 Å². The molecule has 11 aromatic rings. The van der Waals surface area contributed by atoms with E-state index >= 15 is 0 Å². The minimum atomic E-state index is -0.119. The lowest BCUT2D eigenvalue weighted by Crippen LogP contribution is -2.14. The van der Waals surface area contributed by atoms with Crippen LogP contribution in [0.3, 0.4) is 0 Å². The van der Waals surface area contributed by atoms with E-state index in [9.17, 15) is 0 Å². The number of hydrogen-bond acceptors (Lipinski definition) is 0. The van der Waals surface area contributed by atoms with Gasteiger partial charge in [-0.25, -0.2) is 0 Å². The molecular weight excluding hydrogens is 709 g/mol. The van der Waals surface area contributed by atoms with E-state index in [1.54, 1.807) is 0 Å². The number of benzene rings is 11. The molecule has 0 heterocycles. The molecule has 0 aliphatic heterocycles. The van der Waals surface area contributed by atoms with Crippen molar-refractivity contribution in [1.82, 2.24) is 0 Å². The van der Waals surface area contributed by atoms with Gasteiger partial charge >= 0.3 is 0 Å². The molecule has 0 bridgehead atoms. The Kier molecular flexibility index (Phi) is 7.38. The first-order valence-electron chi connectivity index (χ1n) is 20.8. The molecule has 0 unspecified atom stereocenters. The average molecular weight is 749 g/mol. The first kappa shape index (κ1) is 33.8. The van der Waals surface area contributed by atoms with Crippen LogP contribution < -0.4 is 0 Å². The molecule has 0 N–H and O–H groups in total. The Bertz CT molecular complexity index is 3510. The maximum Gasteiger partial charge on any atom is 0.0159 e. The molecule has 0 saturated heterocycles. The second-order valence-corrected chi connectivity index (χ2v) is 16.8. The van der Waals surface area contributed by atoms with Gasteiger partial charge in [-0.2, -0.15) is 0 Å². The molecule has 0 spiro atoms. The van der Waals surface area contributed by atoms with E-state index in [1.807, 2.05) is 0 Å². The van der Waals surface area contributed by atoms with Crippen molar-refractivity contribution in [2.45, 2.75) is 19.3 Å². The van der Waals surface area contributed by atoms with Crippen molar-refractivity contribution in [3.05, 3.63) is 217 Å². The maximum absolute atomic E-state index is 2.50. The Morgan fingerprint density at radius 2 is 0.678 bits per heavy atom. The van der Waals surface area contributed by atoms with E-state index in [1.165, 1.54) is 121 Å². The smallest absolute Gasteiger partial charge is 0.0159 e. The fourth-order valence-electron chi connectivity index (χ4n) is 10.4. The summed E-state index contributed by atoms with van der Waals surface area (Å²) in [5.74, 6) is 0. The lowest BCUT2D eigenvalue weighted by molar-refractivity contribution is 0.660. The van der Waals surface area contributed by atoms with Gasteiger partial charge < -0.3 is 0 Å². The van der Waals surface area contributed by atoms with Crippen molar-refractivity contribution < 1.29 is 0 Å². The third-order valence-corrected chi connectivity index (χ3v) is 13.2. The molecule has 1 aliphatic carbocycles. The van der Waals surface area contributed by atoms with Gasteiger partial charge in [-0.15, -0.1) is 0 Å². The molecule has 0 atom stereocenters. The molecule has 276 valence electrons. The number of fused-ring (bicyclic) bond motifs is 8. The maximum atomic E-state index is 2.50. The van der Waals surface area contributed by atoms with Crippen LogP contribution in [0.5, 0.6) is 0 Å². The Labute approximate surface area is 344 Å². The van der Waals surface area contributed by atoms with E-state index < -0.39 is 0 Å². The molecule has 11 aromatic carbocycles. The zero-order valence-electron chi connectivity index (χ0n) is 33.1. The van der Waals surface area contributed by atoms with Crippen LogP contribution in [0.15, 0.2) is 206 Å². The van der Waals surface area contributed by atoms with E-state index in [4.69, 9.17) is 0 Å². The van der Waals surface area contributed by atoms with E-state index in [0.717, 1.165) is 0 Å². The summed E-state index contributed by atoms with van der Waals surface area (Å²) < 4.78 is 0. The van der Waals surface area contributed by atoms with Gasteiger partial charge in [-0.1, -0.05) is 202 Å². The Balaban J connectivity index is 1.23. The van der Waals surface area contributed by atoms with Crippen LogP contribution in [-0.4, -0.2) is 0 Å². The Morgan fingerprint density at radius 3 is 1.29 bits per heavy atom. The lowest BCUT2D eigenvalue weighted by atomic mass is 9.79. The van der Waals surface area contributed by atoms with E-state index in [0.29, 0.717) is 0 Å². The highest BCUT2D eigenvalue weighted by atomic mass is 14.4. The fourth-order valence-corrected chi connectivity index (χ4v) is 10.4. The normalized spacial score (nSPS) is 13.1. The minimum Gasteiger partial charge on any atom is -0.0619 e. The highest BCUT2D eigenvalue weighted by Gasteiger charge is 2.35. The van der Waals surface area contributed by atoms with Gasteiger partial charge in [0.05, 0.1) is 0 Å². The second kappa shape index (κ2) is 12.9. The first-order valence-corrected chi connectivity index (χ1v) is 20.8. The molecule has 0 amide bonds. The summed E-state index contributed by atoms with van der Waals surface area (Å²) in [5, 5.41) is 12.6. The standard InChI is InChI=1S/C59H40/c1-59(2)55-27-10-9-23-48(55)49-31-30-42(36-56(49)59)57-51-32-28-41(47-25-12-18-38-15-4-7-21-44(38)47)35-54(51)58(50-26-13-19-39-16-5-8-22-45(39)50)52-33-29-40(34-53(52)57)46-24-11-17-37-14-3-6-20-43(37)46/h3-36H,1-2H3. The van der Waals surface area contributed by atoms with Crippen LogP contribution in [-0.2, 0) is 5.41 Å². The van der Waals surface area contributed by atoms with E-state index in [-0.39, 0.29) is 5.41 Å². The van der Waals surface area contributed by atoms with Gasteiger partial charge in [-0.3, -0.25) is 0 Å². The second-order valence-electron chi connectivity index (χ2n) is 16.8.